The van der Waals surface area contributed by atoms with Gasteiger partial charge in [-0.25, -0.2) is 13.6 Å². The minimum atomic E-state index is -3.80. The lowest BCUT2D eigenvalue weighted by Crippen LogP contribution is -2.41. The van der Waals surface area contributed by atoms with Crippen molar-refractivity contribution in [3.8, 4) is 5.75 Å². The van der Waals surface area contributed by atoms with E-state index in [2.05, 4.69) is 10.1 Å². The van der Waals surface area contributed by atoms with Crippen molar-refractivity contribution in [2.75, 3.05) is 12.1 Å². The van der Waals surface area contributed by atoms with Gasteiger partial charge in [0.05, 0.1) is 11.2 Å². The van der Waals surface area contributed by atoms with Crippen LogP contribution in [0.2, 0.25) is 0 Å². The molecule has 1 aliphatic rings. The van der Waals surface area contributed by atoms with E-state index in [-0.39, 0.29) is 21.9 Å². The minimum absolute atomic E-state index is 0.0172. The molecule has 0 atom stereocenters. The van der Waals surface area contributed by atoms with Gasteiger partial charge in [-0.2, -0.15) is 4.39 Å². The molecule has 1 aliphatic heterocycles. The van der Waals surface area contributed by atoms with Gasteiger partial charge in [0.2, 0.25) is 12.6 Å². The maximum absolute atomic E-state index is 14.7. The van der Waals surface area contributed by atoms with Gasteiger partial charge in [0, 0.05) is 11.1 Å². The Balaban J connectivity index is 2.24. The van der Waals surface area contributed by atoms with Crippen molar-refractivity contribution in [3.63, 3.8) is 0 Å². The van der Waals surface area contributed by atoms with Crippen LogP contribution < -0.4 is 15.5 Å². The van der Waals surface area contributed by atoms with Crippen LogP contribution in [0, 0.1) is 11.6 Å². The summed E-state index contributed by atoms with van der Waals surface area (Å²) in [5, 5.41) is 2.33. The zero-order valence-corrected chi connectivity index (χ0v) is 19.0. The highest BCUT2D eigenvalue weighted by molar-refractivity contribution is 6.65. The number of rotatable bonds is 4. The van der Waals surface area contributed by atoms with Crippen molar-refractivity contribution >= 4 is 35.1 Å². The number of benzene rings is 2. The van der Waals surface area contributed by atoms with Gasteiger partial charge in [0.1, 0.15) is 8.34 Å². The van der Waals surface area contributed by atoms with Gasteiger partial charge in [0.15, 0.2) is 11.6 Å². The summed E-state index contributed by atoms with van der Waals surface area (Å²) in [4.78, 5) is 12.3. The zero-order valence-electron chi connectivity index (χ0n) is 21.0. The molecule has 0 bridgehead atoms. The van der Waals surface area contributed by atoms with Crippen LogP contribution in [0.1, 0.15) is 51.2 Å². The summed E-state index contributed by atoms with van der Waals surface area (Å²) >= 11 is 0. The largest absolute Gasteiger partial charge is 0.495 e. The Morgan fingerprint density at radius 3 is 2.28 bits per heavy atom. The van der Waals surface area contributed by atoms with E-state index in [1.807, 2.05) is 0 Å². The molecule has 1 saturated heterocycles. The first-order valence-corrected chi connectivity index (χ1v) is 9.99. The number of hydrogen-bond donors (Lipinski definition) is 1. The standard InChI is InChI=1S/C22H27BF3NO5/c1-20(2,3)30-19(28)27-13-8-12-9-15(25)17(26)18(29-11-24)16(12)14(10-13)23-31-21(4,5)22(6,7)32-23/h8-10H,11H2,1-7H3,(H,27,28)/i11D2. The molecule has 32 heavy (non-hydrogen) atoms. The van der Waals surface area contributed by atoms with Crippen LogP contribution in [0.15, 0.2) is 18.2 Å². The van der Waals surface area contributed by atoms with E-state index in [9.17, 15) is 18.0 Å². The molecule has 0 unspecified atom stereocenters. The Kier molecular flexibility index (Phi) is 5.45. The Bertz CT molecular complexity index is 1120. The van der Waals surface area contributed by atoms with E-state index >= 15 is 0 Å². The van der Waals surface area contributed by atoms with Crippen LogP contribution in [-0.2, 0) is 14.0 Å². The Morgan fingerprint density at radius 1 is 1.16 bits per heavy atom. The lowest BCUT2D eigenvalue weighted by atomic mass is 9.75. The molecule has 1 fully saturated rings. The number of hydrogen-bond acceptors (Lipinski definition) is 5. The Labute approximate surface area is 188 Å². The molecule has 0 saturated carbocycles. The molecule has 174 valence electrons. The molecular formula is C22H27BF3NO5. The van der Waals surface area contributed by atoms with Gasteiger partial charge in [-0.05, 0) is 77.5 Å². The molecular weight excluding hydrogens is 426 g/mol. The molecule has 0 radical (unpaired) electrons. The number of ether oxygens (including phenoxy) is 2. The second-order valence-corrected chi connectivity index (χ2v) is 9.56. The third-order valence-corrected chi connectivity index (χ3v) is 5.41. The number of fused-ring (bicyclic) bond motifs is 1. The maximum Gasteiger partial charge on any atom is 0.495 e. The van der Waals surface area contributed by atoms with Crippen molar-refractivity contribution < 1.29 is 39.5 Å². The second-order valence-electron chi connectivity index (χ2n) is 9.56. The Hall–Kier alpha value is -2.46. The minimum Gasteiger partial charge on any atom is -0.459 e. The fraction of sp³-hybridized carbons (Fsp3) is 0.500. The monoisotopic (exact) mass is 455 g/mol. The summed E-state index contributed by atoms with van der Waals surface area (Å²) in [6.45, 7) is 8.32. The van der Waals surface area contributed by atoms with Crippen molar-refractivity contribution in [2.45, 2.75) is 65.3 Å². The van der Waals surface area contributed by atoms with E-state index in [4.69, 9.17) is 16.8 Å². The summed E-state index contributed by atoms with van der Waals surface area (Å²) in [5.41, 5.74) is -2.25. The topological polar surface area (TPSA) is 66.0 Å². The predicted molar refractivity (Wildman–Crippen MR) is 116 cm³/mol. The van der Waals surface area contributed by atoms with Crippen LogP contribution in [0.4, 0.5) is 23.7 Å². The molecule has 1 heterocycles. The number of amides is 1. The van der Waals surface area contributed by atoms with E-state index in [0.717, 1.165) is 6.07 Å². The number of anilines is 1. The van der Waals surface area contributed by atoms with Crippen LogP contribution in [-0.4, -0.2) is 36.8 Å². The molecule has 3 rings (SSSR count). The van der Waals surface area contributed by atoms with Crippen molar-refractivity contribution in [2.24, 2.45) is 0 Å². The second kappa shape index (κ2) is 8.15. The summed E-state index contributed by atoms with van der Waals surface area (Å²) in [6.07, 6.45) is -0.800. The molecule has 2 aromatic carbocycles. The van der Waals surface area contributed by atoms with Crippen molar-refractivity contribution in [1.82, 2.24) is 0 Å². The zero-order chi connectivity index (χ0) is 25.9. The highest BCUT2D eigenvalue weighted by Crippen LogP contribution is 2.39. The lowest BCUT2D eigenvalue weighted by molar-refractivity contribution is 0.00578. The first-order chi connectivity index (χ1) is 15.3. The van der Waals surface area contributed by atoms with Crippen molar-refractivity contribution in [1.29, 1.82) is 0 Å². The first-order valence-electron chi connectivity index (χ1n) is 11.0. The van der Waals surface area contributed by atoms with Crippen molar-refractivity contribution in [3.05, 3.63) is 29.8 Å². The van der Waals surface area contributed by atoms with Crippen LogP contribution >= 0.6 is 0 Å². The molecule has 0 aromatic heterocycles. The highest BCUT2D eigenvalue weighted by Gasteiger charge is 2.52. The predicted octanol–water partition coefficient (Wildman–Crippen LogP) is 5.07. The molecule has 2 aromatic rings. The summed E-state index contributed by atoms with van der Waals surface area (Å²) in [5.74, 6) is -3.98. The maximum atomic E-state index is 14.7. The van der Waals surface area contributed by atoms with Gasteiger partial charge in [-0.1, -0.05) is 0 Å². The molecule has 0 aliphatic carbocycles. The Morgan fingerprint density at radius 2 is 1.75 bits per heavy atom. The third-order valence-electron chi connectivity index (χ3n) is 5.41. The lowest BCUT2D eigenvalue weighted by Gasteiger charge is -2.32. The smallest absolute Gasteiger partial charge is 0.459 e. The number of carbonyl (C=O) groups is 1. The molecule has 1 amide bonds. The SMILES string of the molecule is [2H]C([2H])(F)Oc1c(F)c(F)cc2cc(NC(=O)OC(C)(C)C)cc(B3OC(C)(C)C(C)(C)O3)c12. The third kappa shape index (κ3) is 4.66. The summed E-state index contributed by atoms with van der Waals surface area (Å²) in [6, 6.07) is 3.48. The fourth-order valence-corrected chi connectivity index (χ4v) is 3.27. The molecule has 6 nitrogen and oxygen atoms in total. The average molecular weight is 455 g/mol. The van der Waals surface area contributed by atoms with Gasteiger partial charge in [-0.3, -0.25) is 5.32 Å². The number of alkyl halides is 1. The van der Waals surface area contributed by atoms with E-state index in [1.54, 1.807) is 48.5 Å². The average Bonchev–Trinajstić information content (AvgIpc) is 2.83. The van der Waals surface area contributed by atoms with Gasteiger partial charge >= 0.3 is 13.2 Å². The molecule has 0 spiro atoms. The highest BCUT2D eigenvalue weighted by atomic mass is 19.2. The number of nitrogens with one attached hydrogen (secondary N) is 1. The van der Waals surface area contributed by atoms with Gasteiger partial charge < -0.3 is 18.8 Å². The van der Waals surface area contributed by atoms with Gasteiger partial charge in [0.25, 0.3) is 0 Å². The first kappa shape index (κ1) is 21.4. The van der Waals surface area contributed by atoms with E-state index in [0.29, 0.717) is 0 Å². The quantitative estimate of drug-likeness (QED) is 0.653. The number of halogens is 3. The van der Waals surface area contributed by atoms with Gasteiger partial charge in [-0.15, -0.1) is 0 Å². The van der Waals surface area contributed by atoms with E-state index in [1.165, 1.54) is 12.1 Å². The normalized spacial score (nSPS) is 18.9. The van der Waals surface area contributed by atoms with Crippen LogP contribution in [0.3, 0.4) is 0 Å². The number of carbonyl (C=O) groups excluding carboxylic acids is 1. The van der Waals surface area contributed by atoms with Crippen LogP contribution in [0.5, 0.6) is 5.75 Å². The molecule has 1 N–H and O–H groups in total. The van der Waals surface area contributed by atoms with E-state index < -0.39 is 54.2 Å². The molecule has 10 heteroatoms. The fourth-order valence-electron chi connectivity index (χ4n) is 3.27. The summed E-state index contributed by atoms with van der Waals surface area (Å²) < 4.78 is 78.9. The van der Waals surface area contributed by atoms with Crippen LogP contribution in [0.25, 0.3) is 10.8 Å². The summed E-state index contributed by atoms with van der Waals surface area (Å²) in [7, 11) is -1.16.